The number of carbonyl (C=O) groups excluding carboxylic acids is 1. The van der Waals surface area contributed by atoms with Crippen molar-refractivity contribution >= 4 is 22.8 Å². The number of aryl methyl sites for hydroxylation is 1. The maximum absolute atomic E-state index is 12.1. The molecule has 0 bridgehead atoms. The van der Waals surface area contributed by atoms with Crippen LogP contribution in [0.15, 0.2) is 57.7 Å². The highest BCUT2D eigenvalue weighted by Gasteiger charge is 2.11. The summed E-state index contributed by atoms with van der Waals surface area (Å²) in [5.74, 6) is -0.431. The molecule has 0 saturated heterocycles. The Hall–Kier alpha value is -3.02. The van der Waals surface area contributed by atoms with Gasteiger partial charge in [-0.2, -0.15) is 0 Å². The summed E-state index contributed by atoms with van der Waals surface area (Å²) in [7, 11) is 1.62. The van der Waals surface area contributed by atoms with E-state index in [0.29, 0.717) is 16.8 Å². The van der Waals surface area contributed by atoms with Gasteiger partial charge in [0.15, 0.2) is 5.58 Å². The highest BCUT2D eigenvalue weighted by atomic mass is 16.4. The maximum Gasteiger partial charge on any atom is 0.419 e. The molecule has 0 aliphatic heterocycles. The molecule has 0 radical (unpaired) electrons. The third kappa shape index (κ3) is 3.11. The zero-order valence-electron chi connectivity index (χ0n) is 12.9. The summed E-state index contributed by atoms with van der Waals surface area (Å²) in [6, 6.07) is 14.3. The summed E-state index contributed by atoms with van der Waals surface area (Å²) < 4.78 is 6.45. The molecule has 1 heterocycles. The van der Waals surface area contributed by atoms with Gasteiger partial charge in [0.25, 0.3) is 0 Å². The van der Waals surface area contributed by atoms with Crippen LogP contribution in [-0.4, -0.2) is 10.6 Å². The predicted molar refractivity (Wildman–Crippen MR) is 88.5 cm³/mol. The van der Waals surface area contributed by atoms with Crippen LogP contribution in [0.1, 0.15) is 18.5 Å². The van der Waals surface area contributed by atoms with Crippen LogP contribution in [0.4, 0.5) is 10.5 Å². The number of amides is 2. The van der Waals surface area contributed by atoms with Gasteiger partial charge in [-0.25, -0.2) is 9.59 Å². The first-order valence-electron chi connectivity index (χ1n) is 7.26. The van der Waals surface area contributed by atoms with Crippen molar-refractivity contribution in [3.8, 4) is 0 Å². The molecule has 0 aliphatic carbocycles. The Morgan fingerprint density at radius 2 is 1.91 bits per heavy atom. The number of nitrogens with one attached hydrogen (secondary N) is 2. The molecule has 2 aromatic carbocycles. The molecule has 1 unspecified atom stereocenters. The second kappa shape index (κ2) is 6.00. The molecular formula is C17H17N3O3. The Morgan fingerprint density at radius 1 is 1.17 bits per heavy atom. The van der Waals surface area contributed by atoms with Crippen molar-refractivity contribution in [2.75, 3.05) is 5.32 Å². The van der Waals surface area contributed by atoms with Crippen LogP contribution >= 0.6 is 0 Å². The number of fused-ring (bicyclic) bond motifs is 1. The molecule has 0 fully saturated rings. The molecule has 0 aliphatic rings. The third-order valence-corrected chi connectivity index (χ3v) is 3.70. The van der Waals surface area contributed by atoms with Gasteiger partial charge in [-0.05, 0) is 30.7 Å². The standard InChI is InChI=1S/C17H17N3O3/c1-11(12-6-4-3-5-7-12)18-16(21)19-13-8-9-15-14(10-13)20(2)17(22)23-15/h3-11H,1-2H3,(H2,18,19,21). The van der Waals surface area contributed by atoms with Crippen molar-refractivity contribution in [1.82, 2.24) is 9.88 Å². The number of aromatic nitrogens is 1. The van der Waals surface area contributed by atoms with Gasteiger partial charge in [0.05, 0.1) is 11.6 Å². The van der Waals surface area contributed by atoms with Gasteiger partial charge in [0, 0.05) is 12.7 Å². The van der Waals surface area contributed by atoms with E-state index in [-0.39, 0.29) is 12.1 Å². The number of hydrogen-bond donors (Lipinski definition) is 2. The minimum absolute atomic E-state index is 0.113. The third-order valence-electron chi connectivity index (χ3n) is 3.70. The monoisotopic (exact) mass is 311 g/mol. The topological polar surface area (TPSA) is 76.3 Å². The molecule has 2 amide bonds. The molecule has 23 heavy (non-hydrogen) atoms. The number of urea groups is 1. The molecule has 0 saturated carbocycles. The molecule has 2 N–H and O–H groups in total. The fraction of sp³-hybridized carbons (Fsp3) is 0.176. The summed E-state index contributed by atoms with van der Waals surface area (Å²) in [5, 5.41) is 5.63. The number of carbonyl (C=O) groups is 1. The van der Waals surface area contributed by atoms with Crippen molar-refractivity contribution in [3.63, 3.8) is 0 Å². The lowest BCUT2D eigenvalue weighted by Crippen LogP contribution is -2.31. The molecule has 6 nitrogen and oxygen atoms in total. The lowest BCUT2D eigenvalue weighted by atomic mass is 10.1. The quantitative estimate of drug-likeness (QED) is 0.780. The zero-order valence-corrected chi connectivity index (χ0v) is 12.9. The second-order valence-electron chi connectivity index (χ2n) is 5.34. The normalized spacial score (nSPS) is 12.1. The van der Waals surface area contributed by atoms with E-state index in [9.17, 15) is 9.59 Å². The summed E-state index contributed by atoms with van der Waals surface area (Å²) in [6.07, 6.45) is 0. The Morgan fingerprint density at radius 3 is 2.65 bits per heavy atom. The van der Waals surface area contributed by atoms with Crippen molar-refractivity contribution < 1.29 is 9.21 Å². The maximum atomic E-state index is 12.1. The van der Waals surface area contributed by atoms with E-state index in [4.69, 9.17) is 4.42 Å². The molecule has 1 aromatic heterocycles. The average molecular weight is 311 g/mol. The van der Waals surface area contributed by atoms with Crippen LogP contribution in [0.3, 0.4) is 0 Å². The number of nitrogens with zero attached hydrogens (tertiary/aromatic N) is 1. The highest BCUT2D eigenvalue weighted by Crippen LogP contribution is 2.18. The molecule has 3 aromatic rings. The minimum atomic E-state index is -0.431. The SMILES string of the molecule is CC(NC(=O)Nc1ccc2oc(=O)n(C)c2c1)c1ccccc1. The van der Waals surface area contributed by atoms with Crippen molar-refractivity contribution in [2.24, 2.45) is 7.05 Å². The van der Waals surface area contributed by atoms with E-state index in [1.165, 1.54) is 4.57 Å². The lowest BCUT2D eigenvalue weighted by Gasteiger charge is -2.15. The summed E-state index contributed by atoms with van der Waals surface area (Å²) >= 11 is 0. The molecular weight excluding hydrogens is 294 g/mol. The first-order chi connectivity index (χ1) is 11.0. The van der Waals surface area contributed by atoms with E-state index in [2.05, 4.69) is 10.6 Å². The van der Waals surface area contributed by atoms with E-state index in [1.807, 2.05) is 37.3 Å². The Labute approximate surface area is 132 Å². The van der Waals surface area contributed by atoms with Gasteiger partial charge < -0.3 is 15.1 Å². The van der Waals surface area contributed by atoms with Gasteiger partial charge in [0.1, 0.15) is 0 Å². The van der Waals surface area contributed by atoms with Crippen LogP contribution in [0.2, 0.25) is 0 Å². The van der Waals surface area contributed by atoms with Crippen LogP contribution < -0.4 is 16.4 Å². The van der Waals surface area contributed by atoms with E-state index >= 15 is 0 Å². The number of oxazole rings is 1. The first-order valence-corrected chi connectivity index (χ1v) is 7.26. The van der Waals surface area contributed by atoms with Gasteiger partial charge in [-0.15, -0.1) is 0 Å². The van der Waals surface area contributed by atoms with Gasteiger partial charge in [-0.1, -0.05) is 30.3 Å². The highest BCUT2D eigenvalue weighted by molar-refractivity contribution is 5.91. The summed E-state index contributed by atoms with van der Waals surface area (Å²) in [4.78, 5) is 23.6. The second-order valence-corrected chi connectivity index (χ2v) is 5.34. The Balaban J connectivity index is 1.73. The van der Waals surface area contributed by atoms with Crippen LogP contribution in [-0.2, 0) is 7.05 Å². The fourth-order valence-corrected chi connectivity index (χ4v) is 2.39. The van der Waals surface area contributed by atoms with Crippen LogP contribution in [0.25, 0.3) is 11.1 Å². The van der Waals surface area contributed by atoms with Crippen LogP contribution in [0.5, 0.6) is 0 Å². The van der Waals surface area contributed by atoms with Crippen LogP contribution in [0, 0.1) is 0 Å². The molecule has 3 rings (SSSR count). The number of anilines is 1. The summed E-state index contributed by atoms with van der Waals surface area (Å²) in [6.45, 7) is 1.91. The average Bonchev–Trinajstić information content (AvgIpc) is 2.83. The Bertz CT molecular complexity index is 896. The molecule has 6 heteroatoms. The van der Waals surface area contributed by atoms with Gasteiger partial charge in [-0.3, -0.25) is 4.57 Å². The number of hydrogen-bond acceptors (Lipinski definition) is 3. The van der Waals surface area contributed by atoms with E-state index < -0.39 is 5.76 Å². The first kappa shape index (κ1) is 14.9. The number of rotatable bonds is 3. The number of benzene rings is 2. The van der Waals surface area contributed by atoms with E-state index in [0.717, 1.165) is 5.56 Å². The fourth-order valence-electron chi connectivity index (χ4n) is 2.39. The van der Waals surface area contributed by atoms with Crippen molar-refractivity contribution in [2.45, 2.75) is 13.0 Å². The smallest absolute Gasteiger partial charge is 0.408 e. The Kier molecular flexibility index (Phi) is 3.89. The largest absolute Gasteiger partial charge is 0.419 e. The molecule has 0 spiro atoms. The predicted octanol–water partition coefficient (Wildman–Crippen LogP) is 3.01. The van der Waals surface area contributed by atoms with Crippen molar-refractivity contribution in [3.05, 3.63) is 64.6 Å². The van der Waals surface area contributed by atoms with Gasteiger partial charge in [0.2, 0.25) is 0 Å². The minimum Gasteiger partial charge on any atom is -0.408 e. The molecule has 118 valence electrons. The van der Waals surface area contributed by atoms with Crippen molar-refractivity contribution in [1.29, 1.82) is 0 Å². The lowest BCUT2D eigenvalue weighted by molar-refractivity contribution is 0.249. The summed E-state index contributed by atoms with van der Waals surface area (Å²) in [5.41, 5.74) is 2.73. The van der Waals surface area contributed by atoms with Gasteiger partial charge >= 0.3 is 11.8 Å². The molecule has 1 atom stereocenters. The van der Waals surface area contributed by atoms with E-state index in [1.54, 1.807) is 25.2 Å². The zero-order chi connectivity index (χ0) is 16.4.